The predicted octanol–water partition coefficient (Wildman–Crippen LogP) is 5.73. The number of aromatic nitrogens is 2. The van der Waals surface area contributed by atoms with E-state index < -0.39 is 5.91 Å². The number of carbonyl (C=O) groups excluding carboxylic acids is 1. The van der Waals surface area contributed by atoms with Gasteiger partial charge in [0.1, 0.15) is 17.4 Å². The highest BCUT2D eigenvalue weighted by Gasteiger charge is 2.13. The Morgan fingerprint density at radius 2 is 2.12 bits per heavy atom. The molecule has 0 aliphatic heterocycles. The van der Waals surface area contributed by atoms with Crippen LogP contribution in [0, 0.1) is 25.2 Å². The molecule has 33 heavy (non-hydrogen) atoms. The fourth-order valence-electron chi connectivity index (χ4n) is 3.61. The molecule has 166 valence electrons. The molecule has 0 atom stereocenters. The molecule has 0 unspecified atom stereocenters. The van der Waals surface area contributed by atoms with Gasteiger partial charge in [0.05, 0.1) is 6.61 Å². The summed E-state index contributed by atoms with van der Waals surface area (Å²) in [7, 11) is 0. The van der Waals surface area contributed by atoms with E-state index in [0.29, 0.717) is 11.7 Å². The summed E-state index contributed by atoms with van der Waals surface area (Å²) in [6, 6.07) is 16.2. The number of benzene rings is 2. The number of nitrogens with zero attached hydrogens (tertiary/aromatic N) is 3. The van der Waals surface area contributed by atoms with Gasteiger partial charge in [0.25, 0.3) is 5.91 Å². The quantitative estimate of drug-likeness (QED) is 0.209. The first kappa shape index (κ1) is 22.3. The average molecular weight is 457 g/mol. The van der Waals surface area contributed by atoms with Gasteiger partial charge in [-0.25, -0.2) is 4.98 Å². The third kappa shape index (κ3) is 5.30. The van der Waals surface area contributed by atoms with Crippen LogP contribution in [0.25, 0.3) is 17.0 Å². The van der Waals surface area contributed by atoms with Crippen LogP contribution in [0.4, 0.5) is 5.13 Å². The van der Waals surface area contributed by atoms with Gasteiger partial charge in [-0.15, -0.1) is 11.3 Å². The number of hydrogen-bond acceptors (Lipinski definition) is 5. The molecule has 0 fully saturated rings. The van der Waals surface area contributed by atoms with E-state index in [-0.39, 0.29) is 5.57 Å². The van der Waals surface area contributed by atoms with Gasteiger partial charge in [-0.3, -0.25) is 10.1 Å². The Balaban J connectivity index is 1.50. The van der Waals surface area contributed by atoms with Crippen LogP contribution >= 0.6 is 11.3 Å². The van der Waals surface area contributed by atoms with E-state index in [9.17, 15) is 10.1 Å². The summed E-state index contributed by atoms with van der Waals surface area (Å²) in [6.07, 6.45) is 6.05. The lowest BCUT2D eigenvalue weighted by Crippen LogP contribution is -2.13. The molecular weight excluding hydrogens is 432 g/mol. The minimum absolute atomic E-state index is 0.0337. The molecule has 0 bridgehead atoms. The van der Waals surface area contributed by atoms with E-state index in [0.717, 1.165) is 40.7 Å². The summed E-state index contributed by atoms with van der Waals surface area (Å²) in [5.41, 5.74) is 4.21. The zero-order valence-corrected chi connectivity index (χ0v) is 19.4. The van der Waals surface area contributed by atoms with Crippen LogP contribution in [0.1, 0.15) is 23.1 Å². The summed E-state index contributed by atoms with van der Waals surface area (Å²) < 4.78 is 8.14. The number of fused-ring (bicyclic) bond motifs is 1. The third-order valence-electron chi connectivity index (χ3n) is 5.28. The van der Waals surface area contributed by atoms with Crippen LogP contribution in [0.5, 0.6) is 5.75 Å². The zero-order chi connectivity index (χ0) is 23.2. The molecule has 2 aromatic carbocycles. The number of ether oxygens (including phenoxy) is 1. The van der Waals surface area contributed by atoms with E-state index in [1.54, 1.807) is 17.7 Å². The zero-order valence-electron chi connectivity index (χ0n) is 18.5. The lowest BCUT2D eigenvalue weighted by atomic mass is 10.1. The molecule has 0 radical (unpaired) electrons. The smallest absolute Gasteiger partial charge is 0.268 e. The minimum Gasteiger partial charge on any atom is -0.493 e. The van der Waals surface area contributed by atoms with Crippen molar-refractivity contribution in [3.63, 3.8) is 0 Å². The lowest BCUT2D eigenvalue weighted by Gasteiger charge is -2.10. The monoisotopic (exact) mass is 456 g/mol. The van der Waals surface area contributed by atoms with Crippen molar-refractivity contribution in [1.82, 2.24) is 9.55 Å². The molecule has 0 spiro atoms. The Labute approximate surface area is 196 Å². The Morgan fingerprint density at radius 3 is 2.91 bits per heavy atom. The van der Waals surface area contributed by atoms with Crippen molar-refractivity contribution >= 4 is 39.4 Å². The largest absolute Gasteiger partial charge is 0.493 e. The van der Waals surface area contributed by atoms with Gasteiger partial charge in [-0.1, -0.05) is 30.3 Å². The number of amides is 1. The van der Waals surface area contributed by atoms with Crippen LogP contribution in [-0.2, 0) is 11.3 Å². The molecule has 2 aromatic heterocycles. The molecule has 0 saturated carbocycles. The van der Waals surface area contributed by atoms with Gasteiger partial charge in [0.2, 0.25) is 0 Å². The maximum absolute atomic E-state index is 12.5. The number of rotatable bonds is 8. The second kappa shape index (κ2) is 10.2. The maximum atomic E-state index is 12.5. The normalized spacial score (nSPS) is 11.4. The van der Waals surface area contributed by atoms with Gasteiger partial charge in [-0.05, 0) is 49.6 Å². The number of anilines is 1. The Morgan fingerprint density at radius 1 is 1.27 bits per heavy atom. The number of hydrogen-bond donors (Lipinski definition) is 1. The standard InChI is InChI=1S/C26H24N4O2S/c1-18-8-9-19(2)24(14-18)32-12-5-11-30-17-21(22-6-3-4-7-23(22)30)15-20(16-27)25(31)29-26-28-10-13-33-26/h3-4,6-10,13-15,17H,5,11-12H2,1-2H3,(H,28,29,31)/b20-15-. The molecule has 0 aliphatic rings. The van der Waals surface area contributed by atoms with Crippen LogP contribution in [0.3, 0.4) is 0 Å². The summed E-state index contributed by atoms with van der Waals surface area (Å²) >= 11 is 1.31. The first-order chi connectivity index (χ1) is 16.0. The fraction of sp³-hybridized carbons (Fsp3) is 0.192. The SMILES string of the molecule is Cc1ccc(C)c(OCCCn2cc(/C=C(/C#N)C(=O)Nc3nccs3)c3ccccc32)c1. The van der Waals surface area contributed by atoms with Crippen molar-refractivity contribution in [3.8, 4) is 11.8 Å². The molecule has 4 rings (SSSR count). The predicted molar refractivity (Wildman–Crippen MR) is 132 cm³/mol. The van der Waals surface area contributed by atoms with Crippen molar-refractivity contribution < 1.29 is 9.53 Å². The molecule has 4 aromatic rings. The molecule has 2 heterocycles. The van der Waals surface area contributed by atoms with Gasteiger partial charge in [-0.2, -0.15) is 5.26 Å². The van der Waals surface area contributed by atoms with E-state index in [1.807, 2.05) is 43.5 Å². The van der Waals surface area contributed by atoms with Crippen molar-refractivity contribution in [2.45, 2.75) is 26.8 Å². The highest BCUT2D eigenvalue weighted by atomic mass is 32.1. The first-order valence-corrected chi connectivity index (χ1v) is 11.5. The summed E-state index contributed by atoms with van der Waals surface area (Å²) in [4.78, 5) is 16.6. The van der Waals surface area contributed by atoms with Gasteiger partial charge < -0.3 is 9.30 Å². The van der Waals surface area contributed by atoms with Crippen LogP contribution in [-0.4, -0.2) is 22.1 Å². The number of nitriles is 1. The van der Waals surface area contributed by atoms with E-state index in [4.69, 9.17) is 4.74 Å². The van der Waals surface area contributed by atoms with Gasteiger partial charge in [0.15, 0.2) is 5.13 Å². The van der Waals surface area contributed by atoms with Crippen molar-refractivity contribution in [2.75, 3.05) is 11.9 Å². The van der Waals surface area contributed by atoms with E-state index >= 15 is 0 Å². The highest BCUT2D eigenvalue weighted by Crippen LogP contribution is 2.25. The van der Waals surface area contributed by atoms with Gasteiger partial charge in [0, 0.05) is 40.8 Å². The minimum atomic E-state index is -0.466. The number of nitrogens with one attached hydrogen (secondary N) is 1. The Bertz CT molecular complexity index is 1350. The molecule has 0 aliphatic carbocycles. The average Bonchev–Trinajstić information content (AvgIpc) is 3.45. The Kier molecular flexibility index (Phi) is 6.86. The summed E-state index contributed by atoms with van der Waals surface area (Å²) in [5.74, 6) is 0.451. The second-order valence-corrected chi connectivity index (χ2v) is 8.62. The molecule has 1 amide bonds. The topological polar surface area (TPSA) is 79.9 Å². The Hall–Kier alpha value is -3.89. The fourth-order valence-corrected chi connectivity index (χ4v) is 4.13. The van der Waals surface area contributed by atoms with Crippen LogP contribution in [0.15, 0.2) is 65.8 Å². The van der Waals surface area contributed by atoms with Crippen molar-refractivity contribution in [1.29, 1.82) is 5.26 Å². The van der Waals surface area contributed by atoms with Crippen molar-refractivity contribution in [3.05, 3.63) is 82.5 Å². The second-order valence-electron chi connectivity index (χ2n) is 7.73. The maximum Gasteiger partial charge on any atom is 0.268 e. The third-order valence-corrected chi connectivity index (χ3v) is 5.97. The molecular formula is C26H24N4O2S. The summed E-state index contributed by atoms with van der Waals surface area (Å²) in [6.45, 7) is 5.46. The first-order valence-electron chi connectivity index (χ1n) is 10.7. The molecule has 6 nitrogen and oxygen atoms in total. The van der Waals surface area contributed by atoms with Crippen molar-refractivity contribution in [2.24, 2.45) is 0 Å². The number of thiazole rings is 1. The van der Waals surface area contributed by atoms with E-state index in [1.165, 1.54) is 16.9 Å². The van der Waals surface area contributed by atoms with E-state index in [2.05, 4.69) is 40.0 Å². The number of carbonyl (C=O) groups is 1. The number of aryl methyl sites for hydroxylation is 3. The molecule has 0 saturated heterocycles. The number of para-hydroxylation sites is 1. The highest BCUT2D eigenvalue weighted by molar-refractivity contribution is 7.13. The van der Waals surface area contributed by atoms with Crippen LogP contribution < -0.4 is 10.1 Å². The lowest BCUT2D eigenvalue weighted by molar-refractivity contribution is -0.112. The molecule has 1 N–H and O–H groups in total. The van der Waals surface area contributed by atoms with Crippen LogP contribution in [0.2, 0.25) is 0 Å². The van der Waals surface area contributed by atoms with Gasteiger partial charge >= 0.3 is 0 Å². The summed E-state index contributed by atoms with van der Waals surface area (Å²) in [5, 5.41) is 15.5. The molecule has 7 heteroatoms.